The van der Waals surface area contributed by atoms with Crippen LogP contribution in [0.25, 0.3) is 0 Å². The second kappa shape index (κ2) is 10.9. The van der Waals surface area contributed by atoms with Crippen LogP contribution in [-0.2, 0) is 9.59 Å². The van der Waals surface area contributed by atoms with Crippen molar-refractivity contribution in [1.82, 2.24) is 5.43 Å². The van der Waals surface area contributed by atoms with Crippen LogP contribution in [-0.4, -0.2) is 22.9 Å². The van der Waals surface area contributed by atoms with E-state index >= 15 is 0 Å². The first-order chi connectivity index (χ1) is 17.0. The zero-order chi connectivity index (χ0) is 26.1. The number of carbonyl (C=O) groups excluding carboxylic acids is 2. The number of benzene rings is 3. The number of aryl methyl sites for hydroxylation is 2. The maximum Gasteiger partial charge on any atom is 0.267 e. The molecule has 36 heavy (non-hydrogen) atoms. The molecule has 1 unspecified atom stereocenters. The van der Waals surface area contributed by atoms with Crippen molar-refractivity contribution in [3.63, 3.8) is 0 Å². The molecule has 0 saturated carbocycles. The molecule has 0 spiro atoms. The van der Waals surface area contributed by atoms with E-state index in [9.17, 15) is 9.59 Å². The van der Waals surface area contributed by atoms with E-state index in [1.807, 2.05) is 32.0 Å². The smallest absolute Gasteiger partial charge is 0.267 e. The van der Waals surface area contributed by atoms with Crippen molar-refractivity contribution in [3.8, 4) is 0 Å². The van der Waals surface area contributed by atoms with Crippen LogP contribution in [0.15, 0.2) is 58.4 Å². The fourth-order valence-electron chi connectivity index (χ4n) is 3.54. The predicted molar refractivity (Wildman–Crippen MR) is 151 cm³/mol. The van der Waals surface area contributed by atoms with Crippen molar-refractivity contribution in [2.45, 2.75) is 30.9 Å². The summed E-state index contributed by atoms with van der Waals surface area (Å²) in [6, 6.07) is 14.0. The molecule has 1 heterocycles. The molecule has 1 atom stereocenters. The van der Waals surface area contributed by atoms with Crippen molar-refractivity contribution in [3.05, 3.63) is 79.7 Å². The topological polar surface area (TPSA) is 73.8 Å². The lowest BCUT2D eigenvalue weighted by atomic mass is 10.2. The van der Waals surface area contributed by atoms with E-state index in [0.717, 1.165) is 16.0 Å². The summed E-state index contributed by atoms with van der Waals surface area (Å²) in [4.78, 5) is 30.8. The monoisotopic (exact) mass is 580 g/mol. The molecule has 11 heteroatoms. The van der Waals surface area contributed by atoms with Crippen LogP contribution in [0.1, 0.15) is 18.1 Å². The SMILES string of the molecule is CC(=O)Nc1ccc(Cl)c(N=C2NN(c3c(Cl)cc(Cl)cc3Cl)C(=O)C2Sc2cc(C)ccc2C)c1. The molecule has 0 aliphatic carbocycles. The Morgan fingerprint density at radius 2 is 1.69 bits per heavy atom. The van der Waals surface area contributed by atoms with Gasteiger partial charge in [0.05, 0.1) is 20.8 Å². The molecule has 1 aliphatic heterocycles. The molecule has 6 nitrogen and oxygen atoms in total. The average Bonchev–Trinajstić information content (AvgIpc) is 3.07. The Morgan fingerprint density at radius 3 is 2.36 bits per heavy atom. The molecular weight excluding hydrogens is 562 g/mol. The maximum absolute atomic E-state index is 13.7. The van der Waals surface area contributed by atoms with Gasteiger partial charge >= 0.3 is 0 Å². The number of hydrazine groups is 1. The highest BCUT2D eigenvalue weighted by molar-refractivity contribution is 8.01. The third-order valence-corrected chi connectivity index (χ3v) is 7.69. The zero-order valence-corrected chi connectivity index (χ0v) is 23.2. The van der Waals surface area contributed by atoms with Crippen LogP contribution in [0.5, 0.6) is 0 Å². The number of amides is 2. The number of nitrogens with zero attached hydrogens (tertiary/aromatic N) is 2. The van der Waals surface area contributed by atoms with Gasteiger partial charge in [-0.1, -0.05) is 64.1 Å². The first-order valence-corrected chi connectivity index (χ1v) is 13.1. The van der Waals surface area contributed by atoms with Gasteiger partial charge in [-0.05, 0) is 55.8 Å². The summed E-state index contributed by atoms with van der Waals surface area (Å²) in [7, 11) is 0. The number of anilines is 2. The third kappa shape index (κ3) is 5.76. The molecule has 1 aliphatic rings. The van der Waals surface area contributed by atoms with Crippen LogP contribution in [0, 0.1) is 13.8 Å². The molecular formula is C25H20Cl4N4O2S. The summed E-state index contributed by atoms with van der Waals surface area (Å²) in [6.07, 6.45) is 0. The van der Waals surface area contributed by atoms with E-state index in [1.165, 1.54) is 35.8 Å². The maximum atomic E-state index is 13.7. The van der Waals surface area contributed by atoms with E-state index < -0.39 is 5.25 Å². The highest BCUT2D eigenvalue weighted by Gasteiger charge is 2.41. The second-order valence-corrected chi connectivity index (χ2v) is 10.9. The second-order valence-electron chi connectivity index (χ2n) is 8.11. The van der Waals surface area contributed by atoms with Crippen molar-refractivity contribution in [2.75, 3.05) is 10.3 Å². The molecule has 0 bridgehead atoms. The minimum atomic E-state index is -0.756. The van der Waals surface area contributed by atoms with E-state index in [0.29, 0.717) is 27.3 Å². The van der Waals surface area contributed by atoms with Crippen molar-refractivity contribution >= 4 is 92.9 Å². The predicted octanol–water partition coefficient (Wildman–Crippen LogP) is 7.62. The Morgan fingerprint density at radius 1 is 1.00 bits per heavy atom. The number of halogens is 4. The Hall–Kier alpha value is -2.42. The molecule has 0 aromatic heterocycles. The molecule has 1 saturated heterocycles. The van der Waals surface area contributed by atoms with Crippen LogP contribution < -0.4 is 15.8 Å². The fourth-order valence-corrected chi connectivity index (χ4v) is 5.87. The van der Waals surface area contributed by atoms with Gasteiger partial charge in [-0.25, -0.2) is 10.0 Å². The fraction of sp³-hybridized carbons (Fsp3) is 0.160. The lowest BCUT2D eigenvalue weighted by Gasteiger charge is -2.19. The molecule has 1 fully saturated rings. The van der Waals surface area contributed by atoms with E-state index in [-0.39, 0.29) is 27.5 Å². The summed E-state index contributed by atoms with van der Waals surface area (Å²) in [5, 5.41) is 4.33. The molecule has 2 N–H and O–H groups in total. The highest BCUT2D eigenvalue weighted by atomic mass is 35.5. The Bertz CT molecular complexity index is 1390. The van der Waals surface area contributed by atoms with Crippen LogP contribution in [0.3, 0.4) is 0 Å². The van der Waals surface area contributed by atoms with E-state index in [2.05, 4.69) is 15.7 Å². The summed E-state index contributed by atoms with van der Waals surface area (Å²) in [5.41, 5.74) is 6.30. The Labute approximate surface area is 232 Å². The van der Waals surface area contributed by atoms with Gasteiger partial charge in [0.1, 0.15) is 16.8 Å². The van der Waals surface area contributed by atoms with Crippen molar-refractivity contribution < 1.29 is 9.59 Å². The highest BCUT2D eigenvalue weighted by Crippen LogP contribution is 2.40. The van der Waals surface area contributed by atoms with Gasteiger partial charge < -0.3 is 5.32 Å². The Kier molecular flexibility index (Phi) is 8.07. The van der Waals surface area contributed by atoms with Gasteiger partial charge in [0, 0.05) is 22.5 Å². The lowest BCUT2D eigenvalue weighted by molar-refractivity contribution is -0.116. The zero-order valence-electron chi connectivity index (χ0n) is 19.3. The molecule has 2 amide bonds. The first kappa shape index (κ1) is 26.6. The number of thioether (sulfide) groups is 1. The van der Waals surface area contributed by atoms with Crippen molar-refractivity contribution in [1.29, 1.82) is 0 Å². The first-order valence-electron chi connectivity index (χ1n) is 10.7. The van der Waals surface area contributed by atoms with Crippen molar-refractivity contribution in [2.24, 2.45) is 4.99 Å². The van der Waals surface area contributed by atoms with Gasteiger partial charge in [0.15, 0.2) is 0 Å². The summed E-state index contributed by atoms with van der Waals surface area (Å²) in [6.45, 7) is 5.37. The van der Waals surface area contributed by atoms with Gasteiger partial charge in [0.2, 0.25) is 5.91 Å². The number of carbonyl (C=O) groups is 2. The number of hydrogen-bond donors (Lipinski definition) is 2. The molecule has 3 aromatic carbocycles. The standard InChI is InChI=1S/C25H20Cl4N4O2S/c1-12-4-5-13(2)21(8-12)36-23-24(31-20-11-16(30-14(3)34)6-7-17(20)27)32-33(25(23)35)22-18(28)9-15(26)10-19(22)29/h4-11,23H,1-3H3,(H,30,34)(H,31,32). The lowest BCUT2D eigenvalue weighted by Crippen LogP contribution is -2.36. The van der Waals surface area contributed by atoms with Gasteiger partial charge in [0.25, 0.3) is 5.91 Å². The van der Waals surface area contributed by atoms with Crippen LogP contribution in [0.2, 0.25) is 20.1 Å². The molecule has 4 rings (SSSR count). The minimum absolute atomic E-state index is 0.204. The number of aliphatic imine (C=N–C) groups is 1. The molecule has 3 aromatic rings. The van der Waals surface area contributed by atoms with Gasteiger partial charge in [-0.2, -0.15) is 0 Å². The number of amidine groups is 1. The largest absolute Gasteiger partial charge is 0.326 e. The number of hydrogen-bond acceptors (Lipinski definition) is 4. The number of nitrogens with one attached hydrogen (secondary N) is 2. The number of rotatable bonds is 5. The normalized spacial score (nSPS) is 16.4. The summed E-state index contributed by atoms with van der Waals surface area (Å²) >= 11 is 26.7. The molecule has 0 radical (unpaired) electrons. The van der Waals surface area contributed by atoms with Gasteiger partial charge in [-0.3, -0.25) is 15.0 Å². The van der Waals surface area contributed by atoms with Gasteiger partial charge in [-0.15, -0.1) is 11.8 Å². The molecule has 186 valence electrons. The Balaban J connectivity index is 1.81. The summed E-state index contributed by atoms with van der Waals surface area (Å²) < 4.78 is 0. The van der Waals surface area contributed by atoms with E-state index in [4.69, 9.17) is 46.4 Å². The average molecular weight is 582 g/mol. The summed E-state index contributed by atoms with van der Waals surface area (Å²) in [5.74, 6) is -0.221. The van der Waals surface area contributed by atoms with Crippen LogP contribution >= 0.6 is 58.2 Å². The van der Waals surface area contributed by atoms with E-state index in [1.54, 1.807) is 18.2 Å². The quantitative estimate of drug-likeness (QED) is 0.325. The van der Waals surface area contributed by atoms with Crippen LogP contribution in [0.4, 0.5) is 17.1 Å². The minimum Gasteiger partial charge on any atom is -0.326 e. The third-order valence-electron chi connectivity index (χ3n) is 5.22.